The number of H-pyrrole nitrogens is 1. The normalized spacial score (nSPS) is 11.8. The monoisotopic (exact) mass is 329 g/mol. The van der Waals surface area contributed by atoms with E-state index in [2.05, 4.69) is 9.72 Å². The minimum atomic E-state index is -4.84. The number of rotatable bonds is 2. The molecule has 0 radical (unpaired) electrons. The highest BCUT2D eigenvalue weighted by atomic mass is 35.5. The Hall–Kier alpha value is -2.41. The van der Waals surface area contributed by atoms with Gasteiger partial charge in [0.2, 0.25) is 0 Å². The molecule has 0 aliphatic carbocycles. The summed E-state index contributed by atoms with van der Waals surface area (Å²) in [6.45, 7) is 0. The average Bonchev–Trinajstić information content (AvgIpc) is 2.76. The van der Waals surface area contributed by atoms with Crippen molar-refractivity contribution in [1.29, 1.82) is 0 Å². The molecule has 8 heteroatoms. The number of benzene rings is 2. The molecular weight excluding hydrogens is 323 g/mol. The van der Waals surface area contributed by atoms with E-state index in [0.717, 1.165) is 6.07 Å². The first-order valence-corrected chi connectivity index (χ1v) is 6.39. The quantitative estimate of drug-likeness (QED) is 0.761. The van der Waals surface area contributed by atoms with E-state index in [1.807, 2.05) is 0 Å². The van der Waals surface area contributed by atoms with Crippen molar-refractivity contribution in [3.63, 3.8) is 0 Å². The molecule has 0 aliphatic heterocycles. The van der Waals surface area contributed by atoms with Crippen LogP contribution in [0.3, 0.4) is 0 Å². The van der Waals surface area contributed by atoms with Gasteiger partial charge in [-0.3, -0.25) is 4.98 Å². The number of hydrogen-bond donors (Lipinski definition) is 1. The lowest BCUT2D eigenvalue weighted by Crippen LogP contribution is -2.17. The van der Waals surface area contributed by atoms with Crippen LogP contribution in [0.25, 0.3) is 22.2 Å². The summed E-state index contributed by atoms with van der Waals surface area (Å²) < 4.78 is 46.4. The van der Waals surface area contributed by atoms with Crippen molar-refractivity contribution >= 4 is 22.7 Å². The summed E-state index contributed by atoms with van der Waals surface area (Å²) in [5, 5.41) is 0.0824. The van der Waals surface area contributed by atoms with Crippen molar-refractivity contribution in [1.82, 2.24) is 4.98 Å². The predicted octanol–water partition coefficient (Wildman–Crippen LogP) is 4.34. The van der Waals surface area contributed by atoms with E-state index in [4.69, 9.17) is 16.0 Å². The fourth-order valence-corrected chi connectivity index (χ4v) is 2.37. The second-order valence-corrected chi connectivity index (χ2v) is 4.79. The van der Waals surface area contributed by atoms with E-state index in [1.54, 1.807) is 0 Å². The second kappa shape index (κ2) is 5.10. The van der Waals surface area contributed by atoms with Crippen LogP contribution >= 0.6 is 11.6 Å². The molecule has 0 atom stereocenters. The van der Waals surface area contributed by atoms with Gasteiger partial charge in [-0.1, -0.05) is 23.7 Å². The third-order valence-corrected chi connectivity index (χ3v) is 3.23. The van der Waals surface area contributed by atoms with Gasteiger partial charge >= 0.3 is 12.1 Å². The van der Waals surface area contributed by atoms with Gasteiger partial charge < -0.3 is 9.15 Å². The van der Waals surface area contributed by atoms with Gasteiger partial charge in [-0.15, -0.1) is 13.2 Å². The lowest BCUT2D eigenvalue weighted by atomic mass is 10.0. The van der Waals surface area contributed by atoms with Crippen molar-refractivity contribution in [3.8, 4) is 16.9 Å². The zero-order valence-corrected chi connectivity index (χ0v) is 11.5. The summed E-state index contributed by atoms with van der Waals surface area (Å²) in [6, 6.07) is 8.39. The Bertz CT molecular complexity index is 898. The first-order valence-electron chi connectivity index (χ1n) is 6.01. The fraction of sp³-hybridized carbons (Fsp3) is 0.0714. The highest BCUT2D eigenvalue weighted by Gasteiger charge is 2.32. The largest absolute Gasteiger partial charge is 0.573 e. The van der Waals surface area contributed by atoms with Gasteiger partial charge in [-0.25, -0.2) is 4.79 Å². The van der Waals surface area contributed by atoms with E-state index >= 15 is 0 Å². The first-order chi connectivity index (χ1) is 10.3. The van der Waals surface area contributed by atoms with Crippen molar-refractivity contribution in [3.05, 3.63) is 52.0 Å². The van der Waals surface area contributed by atoms with Crippen LogP contribution in [0, 0.1) is 0 Å². The van der Waals surface area contributed by atoms with Crippen LogP contribution in [0.2, 0.25) is 5.02 Å². The molecule has 114 valence electrons. The number of nitrogens with one attached hydrogen (secondary N) is 1. The van der Waals surface area contributed by atoms with E-state index in [9.17, 15) is 18.0 Å². The molecule has 0 fully saturated rings. The number of ether oxygens (including phenoxy) is 1. The zero-order chi connectivity index (χ0) is 15.9. The Labute approximate surface area is 126 Å². The van der Waals surface area contributed by atoms with Crippen molar-refractivity contribution in [2.75, 3.05) is 0 Å². The molecular formula is C14H7ClF3NO3. The van der Waals surface area contributed by atoms with Gasteiger partial charge in [-0.2, -0.15) is 0 Å². The van der Waals surface area contributed by atoms with Crippen LogP contribution in [-0.4, -0.2) is 11.3 Å². The molecule has 0 saturated heterocycles. The third-order valence-electron chi connectivity index (χ3n) is 2.91. The van der Waals surface area contributed by atoms with Gasteiger partial charge in [0.15, 0.2) is 5.58 Å². The summed E-state index contributed by atoms with van der Waals surface area (Å²) in [5.74, 6) is -1.09. The maximum absolute atomic E-state index is 12.5. The van der Waals surface area contributed by atoms with Gasteiger partial charge in [0, 0.05) is 5.56 Å². The maximum atomic E-state index is 12.5. The van der Waals surface area contributed by atoms with E-state index in [1.165, 1.54) is 30.3 Å². The highest BCUT2D eigenvalue weighted by molar-refractivity contribution is 6.33. The molecule has 2 aromatic carbocycles. The van der Waals surface area contributed by atoms with E-state index in [0.29, 0.717) is 11.1 Å². The molecule has 0 unspecified atom stereocenters. The van der Waals surface area contributed by atoms with Gasteiger partial charge in [-0.05, 0) is 29.8 Å². The molecule has 3 rings (SSSR count). The lowest BCUT2D eigenvalue weighted by molar-refractivity contribution is -0.274. The number of hydrogen-bond acceptors (Lipinski definition) is 3. The Morgan fingerprint density at radius 3 is 2.68 bits per heavy atom. The molecule has 0 aliphatic rings. The summed E-state index contributed by atoms with van der Waals surface area (Å²) in [4.78, 5) is 13.6. The van der Waals surface area contributed by atoms with Gasteiger partial charge in [0.25, 0.3) is 0 Å². The summed E-state index contributed by atoms with van der Waals surface area (Å²) in [6.07, 6.45) is -4.84. The Morgan fingerprint density at radius 1 is 1.18 bits per heavy atom. The second-order valence-electron chi connectivity index (χ2n) is 4.39. The molecule has 1 N–H and O–H groups in total. The van der Waals surface area contributed by atoms with Crippen LogP contribution in [0.4, 0.5) is 13.2 Å². The number of fused-ring (bicyclic) bond motifs is 1. The van der Waals surface area contributed by atoms with Crippen molar-refractivity contribution in [2.24, 2.45) is 0 Å². The summed E-state index contributed by atoms with van der Waals surface area (Å²) in [5.41, 5.74) is 1.03. The fourth-order valence-electron chi connectivity index (χ4n) is 2.10. The first kappa shape index (κ1) is 14.5. The Morgan fingerprint density at radius 2 is 1.95 bits per heavy atom. The lowest BCUT2D eigenvalue weighted by Gasteiger charge is -2.14. The number of oxazole rings is 1. The highest BCUT2D eigenvalue weighted by Crippen LogP contribution is 2.39. The minimum Gasteiger partial charge on any atom is -0.408 e. The number of halogens is 4. The van der Waals surface area contributed by atoms with Crippen LogP contribution in [0.15, 0.2) is 45.6 Å². The van der Waals surface area contributed by atoms with Crippen molar-refractivity contribution in [2.45, 2.75) is 6.36 Å². The molecule has 0 amide bonds. The molecule has 3 aromatic rings. The van der Waals surface area contributed by atoms with Crippen LogP contribution < -0.4 is 10.5 Å². The van der Waals surface area contributed by atoms with E-state index in [-0.39, 0.29) is 16.2 Å². The molecule has 0 bridgehead atoms. The third kappa shape index (κ3) is 2.80. The standard InChI is InChI=1S/C14H7ClF3NO3/c15-8-2-1-3-10(22-14(16,17)18)12(8)7-4-5-9-11(6-7)21-13(20)19-9/h1-6H,(H,19,20). The number of aromatic amines is 1. The number of aromatic nitrogens is 1. The topological polar surface area (TPSA) is 55.2 Å². The molecule has 0 spiro atoms. The van der Waals surface area contributed by atoms with Crippen molar-refractivity contribution < 1.29 is 22.3 Å². The molecule has 1 aromatic heterocycles. The Balaban J connectivity index is 2.18. The molecule has 1 heterocycles. The summed E-state index contributed by atoms with van der Waals surface area (Å²) >= 11 is 6.00. The zero-order valence-electron chi connectivity index (χ0n) is 10.7. The number of alkyl halides is 3. The SMILES string of the molecule is O=c1[nH]c2ccc(-c3c(Cl)cccc3OC(F)(F)F)cc2o1. The maximum Gasteiger partial charge on any atom is 0.573 e. The van der Waals surface area contributed by atoms with Crippen LogP contribution in [0.1, 0.15) is 0 Å². The minimum absolute atomic E-state index is 0.0623. The van der Waals surface area contributed by atoms with Gasteiger partial charge in [0.05, 0.1) is 10.5 Å². The van der Waals surface area contributed by atoms with E-state index < -0.39 is 17.9 Å². The molecule has 22 heavy (non-hydrogen) atoms. The van der Waals surface area contributed by atoms with Crippen LogP contribution in [-0.2, 0) is 0 Å². The smallest absolute Gasteiger partial charge is 0.408 e. The average molecular weight is 330 g/mol. The van der Waals surface area contributed by atoms with Gasteiger partial charge in [0.1, 0.15) is 5.75 Å². The Kier molecular flexibility index (Phi) is 3.37. The predicted molar refractivity (Wildman–Crippen MR) is 74.0 cm³/mol. The molecule has 4 nitrogen and oxygen atoms in total. The van der Waals surface area contributed by atoms with Crippen LogP contribution in [0.5, 0.6) is 5.75 Å². The molecule has 0 saturated carbocycles. The summed E-state index contributed by atoms with van der Waals surface area (Å²) in [7, 11) is 0.